The van der Waals surface area contributed by atoms with Gasteiger partial charge < -0.3 is 14.6 Å². The molecule has 6 nitrogen and oxygen atoms in total. The third kappa shape index (κ3) is 4.42. The Labute approximate surface area is 154 Å². The Balaban J connectivity index is 1.51. The third-order valence-electron chi connectivity index (χ3n) is 5.44. The third-order valence-corrected chi connectivity index (χ3v) is 5.44. The van der Waals surface area contributed by atoms with Gasteiger partial charge in [0, 0.05) is 24.4 Å². The van der Waals surface area contributed by atoms with Crippen molar-refractivity contribution in [2.24, 2.45) is 11.8 Å². The van der Waals surface area contributed by atoms with E-state index in [-0.39, 0.29) is 11.9 Å². The molecule has 1 aliphatic rings. The maximum absolute atomic E-state index is 12.3. The number of amides is 1. The maximum Gasteiger partial charge on any atom is 0.227 e. The quantitative estimate of drug-likeness (QED) is 0.854. The number of carbonyl (C=O) groups is 1. The fourth-order valence-electron chi connectivity index (χ4n) is 3.50. The predicted molar refractivity (Wildman–Crippen MR) is 98.7 cm³/mol. The zero-order chi connectivity index (χ0) is 18.5. The van der Waals surface area contributed by atoms with Crippen molar-refractivity contribution >= 4 is 5.91 Å². The summed E-state index contributed by atoms with van der Waals surface area (Å²) in [6, 6.07) is 7.75. The van der Waals surface area contributed by atoms with Gasteiger partial charge in [-0.15, -0.1) is 0 Å². The van der Waals surface area contributed by atoms with Gasteiger partial charge in [0.25, 0.3) is 0 Å². The molecule has 1 N–H and O–H groups in total. The van der Waals surface area contributed by atoms with Crippen molar-refractivity contribution in [3.63, 3.8) is 0 Å². The van der Waals surface area contributed by atoms with Crippen LogP contribution in [0.25, 0.3) is 11.4 Å². The van der Waals surface area contributed by atoms with Crippen LogP contribution in [0.1, 0.15) is 45.4 Å². The van der Waals surface area contributed by atoms with Crippen LogP contribution >= 0.6 is 0 Å². The summed E-state index contributed by atoms with van der Waals surface area (Å²) in [4.78, 5) is 16.7. The van der Waals surface area contributed by atoms with E-state index in [1.807, 2.05) is 24.3 Å². The minimum atomic E-state index is 0.0557. The monoisotopic (exact) mass is 357 g/mol. The van der Waals surface area contributed by atoms with Crippen molar-refractivity contribution in [3.05, 3.63) is 30.2 Å². The molecular formula is C20H27N3O3. The summed E-state index contributed by atoms with van der Waals surface area (Å²) in [5.41, 5.74) is 0.857. The van der Waals surface area contributed by atoms with Crippen LogP contribution in [0, 0.1) is 11.8 Å². The first-order valence-electron chi connectivity index (χ1n) is 9.33. The maximum atomic E-state index is 12.3. The van der Waals surface area contributed by atoms with Gasteiger partial charge in [-0.3, -0.25) is 4.79 Å². The zero-order valence-electron chi connectivity index (χ0n) is 15.7. The van der Waals surface area contributed by atoms with Gasteiger partial charge in [0.15, 0.2) is 0 Å². The SMILES string of the molecule is COc1ccc(-c2noc(CCC(=O)NC3CCCC(C)C3C)n2)cc1. The Bertz CT molecular complexity index is 726. The second-order valence-corrected chi connectivity index (χ2v) is 7.18. The highest BCUT2D eigenvalue weighted by Gasteiger charge is 2.28. The van der Waals surface area contributed by atoms with E-state index in [0.717, 1.165) is 17.7 Å². The Morgan fingerprint density at radius 1 is 1.27 bits per heavy atom. The van der Waals surface area contributed by atoms with E-state index in [1.165, 1.54) is 12.8 Å². The summed E-state index contributed by atoms with van der Waals surface area (Å²) in [6.07, 6.45) is 4.32. The molecule has 140 valence electrons. The Morgan fingerprint density at radius 2 is 2.04 bits per heavy atom. The number of hydrogen-bond donors (Lipinski definition) is 1. The highest BCUT2D eigenvalue weighted by Crippen LogP contribution is 2.29. The van der Waals surface area contributed by atoms with E-state index in [2.05, 4.69) is 29.3 Å². The fourth-order valence-corrected chi connectivity index (χ4v) is 3.50. The van der Waals surface area contributed by atoms with Crippen LogP contribution in [0.15, 0.2) is 28.8 Å². The summed E-state index contributed by atoms with van der Waals surface area (Å²) in [7, 11) is 1.63. The first-order chi connectivity index (χ1) is 12.6. The van der Waals surface area contributed by atoms with E-state index in [4.69, 9.17) is 9.26 Å². The average molecular weight is 357 g/mol. The van der Waals surface area contributed by atoms with Crippen molar-refractivity contribution in [2.75, 3.05) is 7.11 Å². The largest absolute Gasteiger partial charge is 0.497 e. The molecule has 26 heavy (non-hydrogen) atoms. The molecule has 2 aromatic rings. The molecule has 1 amide bonds. The summed E-state index contributed by atoms with van der Waals surface area (Å²) in [6.45, 7) is 4.50. The highest BCUT2D eigenvalue weighted by atomic mass is 16.5. The predicted octanol–water partition coefficient (Wildman–Crippen LogP) is 3.62. The molecule has 3 unspecified atom stereocenters. The summed E-state index contributed by atoms with van der Waals surface area (Å²) < 4.78 is 10.4. The molecule has 0 saturated heterocycles. The molecule has 3 rings (SSSR count). The Morgan fingerprint density at radius 3 is 2.77 bits per heavy atom. The summed E-state index contributed by atoms with van der Waals surface area (Å²) >= 11 is 0. The normalized spacial score (nSPS) is 22.8. The number of methoxy groups -OCH3 is 1. The number of rotatable bonds is 6. The number of hydrogen-bond acceptors (Lipinski definition) is 5. The minimum absolute atomic E-state index is 0.0557. The molecule has 1 fully saturated rings. The molecular weight excluding hydrogens is 330 g/mol. The first-order valence-corrected chi connectivity index (χ1v) is 9.33. The number of aromatic nitrogens is 2. The molecule has 1 aromatic carbocycles. The van der Waals surface area contributed by atoms with E-state index >= 15 is 0 Å². The Hall–Kier alpha value is -2.37. The molecule has 1 saturated carbocycles. The van der Waals surface area contributed by atoms with Gasteiger partial charge in [-0.05, 0) is 42.5 Å². The smallest absolute Gasteiger partial charge is 0.227 e. The lowest BCUT2D eigenvalue weighted by atomic mass is 9.78. The number of carbonyl (C=O) groups excluding carboxylic acids is 1. The van der Waals surface area contributed by atoms with Crippen molar-refractivity contribution in [1.29, 1.82) is 0 Å². The van der Waals surface area contributed by atoms with E-state index in [9.17, 15) is 4.79 Å². The first kappa shape index (κ1) is 18.4. The number of aryl methyl sites for hydroxylation is 1. The number of nitrogens with one attached hydrogen (secondary N) is 1. The van der Waals surface area contributed by atoms with Gasteiger partial charge in [-0.2, -0.15) is 4.98 Å². The van der Waals surface area contributed by atoms with Crippen LogP contribution in [0.4, 0.5) is 0 Å². The average Bonchev–Trinajstić information content (AvgIpc) is 3.13. The molecule has 0 bridgehead atoms. The second kappa shape index (κ2) is 8.34. The summed E-state index contributed by atoms with van der Waals surface area (Å²) in [5.74, 6) is 3.03. The standard InChI is InChI=1S/C20H27N3O3/c1-13-5-4-6-17(14(13)2)21-18(24)11-12-19-22-20(23-26-19)15-7-9-16(25-3)10-8-15/h7-10,13-14,17H,4-6,11-12H2,1-3H3,(H,21,24). The summed E-state index contributed by atoms with van der Waals surface area (Å²) in [5, 5.41) is 7.18. The van der Waals surface area contributed by atoms with E-state index < -0.39 is 0 Å². The molecule has 0 spiro atoms. The van der Waals surface area contributed by atoms with Crippen LogP contribution in [0.5, 0.6) is 5.75 Å². The van der Waals surface area contributed by atoms with Gasteiger partial charge in [-0.1, -0.05) is 31.8 Å². The molecule has 1 aromatic heterocycles. The lowest BCUT2D eigenvalue weighted by Crippen LogP contribution is -2.43. The topological polar surface area (TPSA) is 77.2 Å². The van der Waals surface area contributed by atoms with Crippen molar-refractivity contribution in [3.8, 4) is 17.1 Å². The molecule has 3 atom stereocenters. The van der Waals surface area contributed by atoms with Gasteiger partial charge in [0.05, 0.1) is 7.11 Å². The Kier molecular flexibility index (Phi) is 5.91. The van der Waals surface area contributed by atoms with Crippen LogP contribution in [0.2, 0.25) is 0 Å². The van der Waals surface area contributed by atoms with Gasteiger partial charge >= 0.3 is 0 Å². The van der Waals surface area contributed by atoms with Crippen molar-refractivity contribution in [2.45, 2.75) is 52.0 Å². The minimum Gasteiger partial charge on any atom is -0.497 e. The highest BCUT2D eigenvalue weighted by molar-refractivity contribution is 5.76. The van der Waals surface area contributed by atoms with Crippen LogP contribution in [0.3, 0.4) is 0 Å². The zero-order valence-corrected chi connectivity index (χ0v) is 15.7. The second-order valence-electron chi connectivity index (χ2n) is 7.18. The molecule has 0 aliphatic heterocycles. The molecule has 6 heteroatoms. The van der Waals surface area contributed by atoms with Crippen LogP contribution in [-0.2, 0) is 11.2 Å². The van der Waals surface area contributed by atoms with Gasteiger partial charge in [-0.25, -0.2) is 0 Å². The number of nitrogens with zero attached hydrogens (tertiary/aromatic N) is 2. The number of benzene rings is 1. The van der Waals surface area contributed by atoms with Crippen LogP contribution in [-0.4, -0.2) is 29.2 Å². The molecule has 1 aliphatic carbocycles. The van der Waals surface area contributed by atoms with Crippen molar-refractivity contribution in [1.82, 2.24) is 15.5 Å². The fraction of sp³-hybridized carbons (Fsp3) is 0.550. The lowest BCUT2D eigenvalue weighted by molar-refractivity contribution is -0.122. The van der Waals surface area contributed by atoms with Crippen molar-refractivity contribution < 1.29 is 14.1 Å². The molecule has 0 radical (unpaired) electrons. The lowest BCUT2D eigenvalue weighted by Gasteiger charge is -2.34. The van der Waals surface area contributed by atoms with E-state index in [1.54, 1.807) is 7.11 Å². The number of ether oxygens (including phenoxy) is 1. The van der Waals surface area contributed by atoms with Crippen LogP contribution < -0.4 is 10.1 Å². The van der Waals surface area contributed by atoms with Gasteiger partial charge in [0.1, 0.15) is 5.75 Å². The van der Waals surface area contributed by atoms with E-state index in [0.29, 0.717) is 36.4 Å². The molecule has 1 heterocycles. The van der Waals surface area contributed by atoms with Gasteiger partial charge in [0.2, 0.25) is 17.6 Å².